The van der Waals surface area contributed by atoms with Crippen LogP contribution in [0, 0.1) is 22.6 Å². The molecule has 0 amide bonds. The SMILES string of the molecule is N#Cc1c(N)[se]c2cccc(-c3c(Cl)cc4c(N5C[C@H]6CC[C@@H](C5)N6)nc(OCC5(CN6CCCC6)CC5)nc4c3F)c12. The van der Waals surface area contributed by atoms with Crippen molar-refractivity contribution < 1.29 is 9.13 Å². The van der Waals surface area contributed by atoms with E-state index < -0.39 is 5.82 Å². The Kier molecular flexibility index (Phi) is 6.81. The van der Waals surface area contributed by atoms with Crippen molar-refractivity contribution in [2.45, 2.75) is 50.6 Å². The van der Waals surface area contributed by atoms with Crippen LogP contribution < -0.4 is 20.7 Å². The zero-order valence-electron chi connectivity index (χ0n) is 23.8. The molecule has 2 aromatic heterocycles. The van der Waals surface area contributed by atoms with Crippen LogP contribution in [0.1, 0.15) is 44.1 Å². The average Bonchev–Trinajstić information content (AvgIpc) is 3.26. The molecule has 222 valence electrons. The third-order valence-corrected chi connectivity index (χ3v) is 12.1. The first-order valence-corrected chi connectivity index (χ1v) is 17.3. The van der Waals surface area contributed by atoms with Gasteiger partial charge in [0.1, 0.15) is 0 Å². The van der Waals surface area contributed by atoms with Gasteiger partial charge in [-0.2, -0.15) is 0 Å². The van der Waals surface area contributed by atoms with Crippen molar-refractivity contribution in [3.8, 4) is 23.2 Å². The molecule has 4 aromatic rings. The van der Waals surface area contributed by atoms with Crippen molar-refractivity contribution in [3.63, 3.8) is 0 Å². The second-order valence-corrected chi connectivity index (χ2v) is 15.4. The summed E-state index contributed by atoms with van der Waals surface area (Å²) in [7, 11) is 0. The Morgan fingerprint density at radius 2 is 1.95 bits per heavy atom. The summed E-state index contributed by atoms with van der Waals surface area (Å²) in [6.07, 6.45) is 6.99. The Morgan fingerprint density at radius 3 is 2.67 bits per heavy atom. The zero-order valence-corrected chi connectivity index (χ0v) is 26.3. The molecule has 11 heteroatoms. The van der Waals surface area contributed by atoms with E-state index in [4.69, 9.17) is 32.0 Å². The minimum atomic E-state index is -0.532. The van der Waals surface area contributed by atoms with E-state index in [9.17, 15) is 5.26 Å². The number of nitrogen functional groups attached to an aromatic ring is 1. The van der Waals surface area contributed by atoms with Crippen LogP contribution in [-0.4, -0.2) is 80.8 Å². The van der Waals surface area contributed by atoms with Crippen LogP contribution >= 0.6 is 11.6 Å². The Balaban J connectivity index is 1.24. The number of piperazine rings is 1. The number of ether oxygens (including phenoxy) is 1. The second kappa shape index (κ2) is 10.6. The first kappa shape index (κ1) is 27.6. The molecule has 3 aliphatic heterocycles. The molecule has 4 aliphatic rings. The molecule has 1 aliphatic carbocycles. The fourth-order valence-electron chi connectivity index (χ4n) is 7.33. The van der Waals surface area contributed by atoms with E-state index in [0.717, 1.165) is 62.7 Å². The molecule has 43 heavy (non-hydrogen) atoms. The normalized spacial score (nSPS) is 22.9. The van der Waals surface area contributed by atoms with E-state index >= 15 is 4.39 Å². The predicted molar refractivity (Wildman–Crippen MR) is 169 cm³/mol. The maximum absolute atomic E-state index is 16.9. The standard InChI is InChI=1S/C32H33ClFN7OSe/c33-23-12-21-28(27(34)26(23)20-4-3-5-24-25(20)22(13-35)29(36)43-24)38-31(39-30(21)41-14-18-6-7-19(15-41)37-18)42-17-32(8-9-32)16-40-10-1-2-11-40/h3-5,12,18-19,37H,1-2,6-11,14-17,36H2/t18-,19+. The van der Waals surface area contributed by atoms with Crippen molar-refractivity contribution in [1.29, 1.82) is 5.26 Å². The Morgan fingerprint density at radius 1 is 1.19 bits per heavy atom. The molecule has 3 saturated heterocycles. The van der Waals surface area contributed by atoms with Crippen LogP contribution in [0.2, 0.25) is 5.02 Å². The molecule has 0 spiro atoms. The van der Waals surface area contributed by atoms with Crippen LogP contribution in [0.3, 0.4) is 0 Å². The van der Waals surface area contributed by atoms with Crippen LogP contribution in [0.4, 0.5) is 14.8 Å². The van der Waals surface area contributed by atoms with Crippen molar-refractivity contribution in [1.82, 2.24) is 20.2 Å². The number of nitrogens with zero attached hydrogens (tertiary/aromatic N) is 5. The van der Waals surface area contributed by atoms with Gasteiger partial charge in [-0.15, -0.1) is 0 Å². The summed E-state index contributed by atoms with van der Waals surface area (Å²) in [6.45, 7) is 5.42. The summed E-state index contributed by atoms with van der Waals surface area (Å²) in [5.74, 6) is 0.134. The molecular weight excluding hydrogens is 632 g/mol. The molecule has 4 fully saturated rings. The fourth-order valence-corrected chi connectivity index (χ4v) is 9.61. The van der Waals surface area contributed by atoms with Crippen LogP contribution in [0.25, 0.3) is 31.7 Å². The summed E-state index contributed by atoms with van der Waals surface area (Å²) in [4.78, 5) is 14.4. The van der Waals surface area contributed by atoms with Gasteiger partial charge in [-0.3, -0.25) is 0 Å². The topological polar surface area (TPSA) is 103 Å². The maximum atomic E-state index is 16.9. The van der Waals surface area contributed by atoms with E-state index in [0.29, 0.717) is 51.0 Å². The van der Waals surface area contributed by atoms with Gasteiger partial charge in [0.2, 0.25) is 0 Å². The molecule has 8 nitrogen and oxygen atoms in total. The van der Waals surface area contributed by atoms with Gasteiger partial charge in [0, 0.05) is 0 Å². The van der Waals surface area contributed by atoms with Gasteiger partial charge in [0.25, 0.3) is 0 Å². The number of nitrogens with two attached hydrogens (primary N) is 1. The number of benzene rings is 2. The number of halogens is 2. The molecule has 2 bridgehead atoms. The number of aromatic nitrogens is 2. The number of fused-ring (bicyclic) bond motifs is 4. The van der Waals surface area contributed by atoms with Gasteiger partial charge in [0.05, 0.1) is 0 Å². The number of likely N-dealkylation sites (tertiary alicyclic amines) is 1. The average molecular weight is 665 g/mol. The first-order chi connectivity index (χ1) is 20.9. The monoisotopic (exact) mass is 665 g/mol. The molecule has 8 rings (SSSR count). The van der Waals surface area contributed by atoms with E-state index in [-0.39, 0.29) is 42.0 Å². The molecule has 0 unspecified atom stereocenters. The van der Waals surface area contributed by atoms with Gasteiger partial charge in [-0.25, -0.2) is 0 Å². The van der Waals surface area contributed by atoms with E-state index in [1.54, 1.807) is 6.07 Å². The number of nitrogens with one attached hydrogen (secondary N) is 1. The molecule has 5 heterocycles. The summed E-state index contributed by atoms with van der Waals surface area (Å²) in [5, 5.41) is 15.1. The Labute approximate surface area is 260 Å². The molecule has 2 aromatic carbocycles. The quantitative estimate of drug-likeness (QED) is 0.268. The number of hydrogen-bond donors (Lipinski definition) is 2. The Hall–Kier alpha value is -2.93. The van der Waals surface area contributed by atoms with Crippen molar-refractivity contribution in [2.24, 2.45) is 5.41 Å². The van der Waals surface area contributed by atoms with Gasteiger partial charge >= 0.3 is 231 Å². The number of rotatable bonds is 7. The summed E-state index contributed by atoms with van der Waals surface area (Å²) >= 11 is 6.72. The third-order valence-electron chi connectivity index (χ3n) is 9.70. The third kappa shape index (κ3) is 4.86. The Bertz CT molecular complexity index is 1780. The van der Waals surface area contributed by atoms with Gasteiger partial charge in [-0.05, 0) is 25.9 Å². The number of anilines is 2. The molecule has 0 radical (unpaired) electrons. The van der Waals surface area contributed by atoms with Crippen molar-refractivity contribution in [3.05, 3.63) is 40.7 Å². The van der Waals surface area contributed by atoms with Crippen LogP contribution in [-0.2, 0) is 0 Å². The van der Waals surface area contributed by atoms with Crippen molar-refractivity contribution in [2.75, 3.05) is 50.0 Å². The van der Waals surface area contributed by atoms with E-state index in [1.807, 2.05) is 18.2 Å². The predicted octanol–water partition coefficient (Wildman–Crippen LogP) is 4.95. The number of hydrogen-bond acceptors (Lipinski definition) is 8. The fraction of sp³-hybridized carbons (Fsp3) is 0.469. The second-order valence-electron chi connectivity index (χ2n) is 12.7. The van der Waals surface area contributed by atoms with E-state index in [2.05, 4.69) is 21.2 Å². The van der Waals surface area contributed by atoms with Gasteiger partial charge < -0.3 is 4.90 Å². The van der Waals surface area contributed by atoms with Crippen LogP contribution in [0.5, 0.6) is 6.01 Å². The van der Waals surface area contributed by atoms with Gasteiger partial charge in [-0.1, -0.05) is 0 Å². The molecule has 3 N–H and O–H groups in total. The summed E-state index contributed by atoms with van der Waals surface area (Å²) in [5.41, 5.74) is 7.73. The first-order valence-electron chi connectivity index (χ1n) is 15.2. The number of nitriles is 1. The zero-order chi connectivity index (χ0) is 29.3. The van der Waals surface area contributed by atoms with Crippen LogP contribution in [0.15, 0.2) is 24.3 Å². The van der Waals surface area contributed by atoms with E-state index in [1.165, 1.54) is 12.8 Å². The summed E-state index contributed by atoms with van der Waals surface area (Å²) < 4.78 is 24.7. The van der Waals surface area contributed by atoms with Gasteiger partial charge in [0.15, 0.2) is 0 Å². The molecular formula is C32H33ClFN7OSe. The molecule has 1 saturated carbocycles. The summed E-state index contributed by atoms with van der Waals surface area (Å²) in [6, 6.07) is 10.6. The molecule has 2 atom stereocenters. The minimum absolute atomic E-state index is 0.118. The van der Waals surface area contributed by atoms with Crippen molar-refractivity contribution >= 4 is 57.0 Å².